The number of hydrogen-bond acceptors (Lipinski definition) is 5. The number of carboxylic acid groups (broad SMARTS) is 1. The lowest BCUT2D eigenvalue weighted by Crippen LogP contribution is -2.22. The quantitative estimate of drug-likeness (QED) is 0.537. The zero-order valence-electron chi connectivity index (χ0n) is 14.2. The van der Waals surface area contributed by atoms with Crippen LogP contribution in [-0.2, 0) is 0 Å². The van der Waals surface area contributed by atoms with E-state index < -0.39 is 37.3 Å². The number of anilines is 2. The fourth-order valence-electron chi connectivity index (χ4n) is 2.44. The predicted octanol–water partition coefficient (Wildman–Crippen LogP) is 3.76. The van der Waals surface area contributed by atoms with Crippen molar-refractivity contribution in [3.63, 3.8) is 0 Å². The van der Waals surface area contributed by atoms with Crippen molar-refractivity contribution >= 4 is 28.9 Å². The molecular formula is C18H18ClF2NO5. The van der Waals surface area contributed by atoms with Crippen molar-refractivity contribution < 1.29 is 33.6 Å². The van der Waals surface area contributed by atoms with E-state index >= 15 is 0 Å². The molecule has 0 fully saturated rings. The van der Waals surface area contributed by atoms with E-state index in [0.29, 0.717) is 0 Å². The molecule has 0 bridgehead atoms. The molecule has 0 heterocycles. The number of halogens is 3. The highest BCUT2D eigenvalue weighted by atomic mass is 35.5. The van der Waals surface area contributed by atoms with Crippen molar-refractivity contribution in [2.45, 2.75) is 19.5 Å². The Kier molecular flexibility index (Phi) is 6.95. The molecule has 1 atom stereocenters. The summed E-state index contributed by atoms with van der Waals surface area (Å²) in [4.78, 5) is 11.3. The molecule has 0 aliphatic rings. The second-order valence-corrected chi connectivity index (χ2v) is 6.10. The van der Waals surface area contributed by atoms with Crippen molar-refractivity contribution in [2.24, 2.45) is 0 Å². The lowest BCUT2D eigenvalue weighted by atomic mass is 10.0. The first-order valence-electron chi connectivity index (χ1n) is 7.88. The van der Waals surface area contributed by atoms with Crippen molar-refractivity contribution in [3.8, 4) is 5.75 Å². The SMILES string of the molecule is Cc1c(Nc2ccccc2C(=O)O)cc(Cl)c(OCC(O)CO)c1C(F)F. The van der Waals surface area contributed by atoms with Gasteiger partial charge in [0.2, 0.25) is 0 Å². The van der Waals surface area contributed by atoms with Gasteiger partial charge in [0.15, 0.2) is 0 Å². The van der Waals surface area contributed by atoms with E-state index in [9.17, 15) is 23.8 Å². The van der Waals surface area contributed by atoms with Crippen LogP contribution in [0.3, 0.4) is 0 Å². The van der Waals surface area contributed by atoms with Crippen LogP contribution < -0.4 is 10.1 Å². The molecule has 0 aliphatic heterocycles. The van der Waals surface area contributed by atoms with Gasteiger partial charge < -0.3 is 25.4 Å². The molecule has 6 nitrogen and oxygen atoms in total. The molecule has 9 heteroatoms. The van der Waals surface area contributed by atoms with Crippen LogP contribution in [0.1, 0.15) is 27.9 Å². The average molecular weight is 402 g/mol. The van der Waals surface area contributed by atoms with Crippen molar-refractivity contribution in [2.75, 3.05) is 18.5 Å². The molecule has 1 unspecified atom stereocenters. The number of carbonyl (C=O) groups is 1. The number of carboxylic acids is 1. The third kappa shape index (κ3) is 4.85. The fraction of sp³-hybridized carbons (Fsp3) is 0.278. The summed E-state index contributed by atoms with van der Waals surface area (Å²) in [5.41, 5.74) is 0.0110. The maximum absolute atomic E-state index is 13.6. The van der Waals surface area contributed by atoms with E-state index in [0.717, 1.165) is 0 Å². The Bertz CT molecular complexity index is 832. The fourth-order valence-corrected chi connectivity index (χ4v) is 2.71. The van der Waals surface area contributed by atoms with E-state index in [2.05, 4.69) is 5.32 Å². The molecule has 4 N–H and O–H groups in total. The van der Waals surface area contributed by atoms with Crippen LogP contribution in [0, 0.1) is 6.92 Å². The van der Waals surface area contributed by atoms with Gasteiger partial charge in [0, 0.05) is 5.69 Å². The zero-order chi connectivity index (χ0) is 20.1. The van der Waals surface area contributed by atoms with Crippen LogP contribution in [0.5, 0.6) is 5.75 Å². The highest BCUT2D eigenvalue weighted by Gasteiger charge is 2.24. The number of rotatable bonds is 8. The molecule has 0 radical (unpaired) electrons. The van der Waals surface area contributed by atoms with Gasteiger partial charge in [-0.25, -0.2) is 13.6 Å². The molecule has 0 amide bonds. The lowest BCUT2D eigenvalue weighted by molar-refractivity contribution is 0.0514. The first kappa shape index (κ1) is 20.9. The molecule has 0 saturated heterocycles. The standard InChI is InChI=1S/C18H18ClF2NO5/c1-9-14(22-13-5-3-2-4-11(13)18(25)26)6-12(19)16(15(9)17(20)21)27-8-10(24)7-23/h2-6,10,17,22-24H,7-8H2,1H3,(H,25,26). The number of para-hydroxylation sites is 1. The van der Waals surface area contributed by atoms with Gasteiger partial charge in [-0.2, -0.15) is 0 Å². The van der Waals surface area contributed by atoms with Gasteiger partial charge in [-0.15, -0.1) is 0 Å². The van der Waals surface area contributed by atoms with Crippen LogP contribution in [-0.4, -0.2) is 40.6 Å². The van der Waals surface area contributed by atoms with Crippen LogP contribution in [0.4, 0.5) is 20.2 Å². The van der Waals surface area contributed by atoms with Gasteiger partial charge in [0.05, 0.1) is 28.4 Å². The summed E-state index contributed by atoms with van der Waals surface area (Å²) in [6.45, 7) is 0.412. The smallest absolute Gasteiger partial charge is 0.337 e. The summed E-state index contributed by atoms with van der Waals surface area (Å²) < 4.78 is 32.4. The van der Waals surface area contributed by atoms with Gasteiger partial charge in [0.25, 0.3) is 6.43 Å². The molecule has 0 spiro atoms. The molecule has 0 saturated carbocycles. The topological polar surface area (TPSA) is 99.0 Å². The summed E-state index contributed by atoms with van der Waals surface area (Å²) in [5, 5.41) is 30.1. The van der Waals surface area contributed by atoms with Crippen LogP contribution in [0.2, 0.25) is 5.02 Å². The maximum Gasteiger partial charge on any atom is 0.337 e. The van der Waals surface area contributed by atoms with E-state index in [1.54, 1.807) is 12.1 Å². The van der Waals surface area contributed by atoms with E-state index in [1.807, 2.05) is 0 Å². The number of aliphatic hydroxyl groups is 2. The van der Waals surface area contributed by atoms with Crippen LogP contribution in [0.15, 0.2) is 30.3 Å². The summed E-state index contributed by atoms with van der Waals surface area (Å²) in [6, 6.07) is 7.36. The minimum absolute atomic E-state index is 0.0296. The molecule has 2 aromatic carbocycles. The monoisotopic (exact) mass is 401 g/mol. The predicted molar refractivity (Wildman–Crippen MR) is 96.4 cm³/mol. The number of nitrogens with one attached hydrogen (secondary N) is 1. The van der Waals surface area contributed by atoms with Crippen molar-refractivity contribution in [1.82, 2.24) is 0 Å². The van der Waals surface area contributed by atoms with E-state index in [1.165, 1.54) is 25.1 Å². The molecular weight excluding hydrogens is 384 g/mol. The largest absolute Gasteiger partial charge is 0.489 e. The van der Waals surface area contributed by atoms with Gasteiger partial charge in [-0.1, -0.05) is 23.7 Å². The molecule has 27 heavy (non-hydrogen) atoms. The minimum atomic E-state index is -2.93. The van der Waals surface area contributed by atoms with Crippen molar-refractivity contribution in [1.29, 1.82) is 0 Å². The Hall–Kier alpha value is -2.42. The highest BCUT2D eigenvalue weighted by molar-refractivity contribution is 6.32. The number of aromatic carboxylic acids is 1. The van der Waals surface area contributed by atoms with Crippen LogP contribution >= 0.6 is 11.6 Å². The summed E-state index contributed by atoms with van der Waals surface area (Å²) in [5.74, 6) is -1.47. The normalized spacial score (nSPS) is 12.1. The molecule has 2 aromatic rings. The van der Waals surface area contributed by atoms with Crippen molar-refractivity contribution in [3.05, 3.63) is 52.0 Å². The first-order chi connectivity index (χ1) is 12.8. The minimum Gasteiger partial charge on any atom is -0.489 e. The highest BCUT2D eigenvalue weighted by Crippen LogP contribution is 2.42. The Morgan fingerprint density at radius 3 is 2.56 bits per heavy atom. The van der Waals surface area contributed by atoms with Gasteiger partial charge in [-0.05, 0) is 30.7 Å². The Morgan fingerprint density at radius 2 is 1.96 bits per heavy atom. The lowest BCUT2D eigenvalue weighted by Gasteiger charge is -2.20. The summed E-state index contributed by atoms with van der Waals surface area (Å²) in [7, 11) is 0. The van der Waals surface area contributed by atoms with Crippen LogP contribution in [0.25, 0.3) is 0 Å². The number of aliphatic hydroxyl groups excluding tert-OH is 2. The Morgan fingerprint density at radius 1 is 1.30 bits per heavy atom. The Balaban J connectivity index is 2.46. The van der Waals surface area contributed by atoms with Gasteiger partial charge in [-0.3, -0.25) is 0 Å². The van der Waals surface area contributed by atoms with E-state index in [-0.39, 0.29) is 33.3 Å². The second kappa shape index (κ2) is 8.98. The van der Waals surface area contributed by atoms with E-state index in [4.69, 9.17) is 21.4 Å². The van der Waals surface area contributed by atoms with Gasteiger partial charge in [0.1, 0.15) is 18.5 Å². The Labute approximate surface area is 159 Å². The average Bonchev–Trinajstić information content (AvgIpc) is 2.62. The number of hydrogen-bond donors (Lipinski definition) is 4. The molecule has 146 valence electrons. The maximum atomic E-state index is 13.6. The number of ether oxygens (including phenoxy) is 1. The second-order valence-electron chi connectivity index (χ2n) is 5.70. The molecule has 2 rings (SSSR count). The van der Waals surface area contributed by atoms with Gasteiger partial charge >= 0.3 is 5.97 Å². The number of benzene rings is 2. The summed E-state index contributed by atoms with van der Waals surface area (Å²) >= 11 is 6.09. The zero-order valence-corrected chi connectivity index (χ0v) is 15.0. The molecule has 0 aliphatic carbocycles. The first-order valence-corrected chi connectivity index (χ1v) is 8.26. The summed E-state index contributed by atoms with van der Waals surface area (Å²) in [6.07, 6.45) is -4.17. The molecule has 0 aromatic heterocycles. The number of alkyl halides is 2. The third-order valence-corrected chi connectivity index (χ3v) is 4.10. The third-order valence-electron chi connectivity index (χ3n) is 3.82.